The Morgan fingerprint density at radius 2 is 1.50 bits per heavy atom. The smallest absolute Gasteiger partial charge is 0.214 e. The van der Waals surface area contributed by atoms with Gasteiger partial charge in [0.15, 0.2) is 0 Å². The van der Waals surface area contributed by atoms with Crippen molar-refractivity contribution >= 4 is 10.0 Å². The molecular formula is C11H22N2O2S. The van der Waals surface area contributed by atoms with Gasteiger partial charge >= 0.3 is 0 Å². The van der Waals surface area contributed by atoms with E-state index in [4.69, 9.17) is 5.73 Å². The summed E-state index contributed by atoms with van der Waals surface area (Å²) in [6, 6.07) is -0.0238. The van der Waals surface area contributed by atoms with Crippen LogP contribution in [-0.4, -0.2) is 25.8 Å². The lowest BCUT2D eigenvalue weighted by atomic mass is 9.92. The fourth-order valence-corrected chi connectivity index (χ4v) is 4.67. The van der Waals surface area contributed by atoms with Gasteiger partial charge in [0, 0.05) is 12.1 Å². The minimum atomic E-state index is -3.12. The van der Waals surface area contributed by atoms with Gasteiger partial charge in [0.25, 0.3) is 0 Å². The first-order valence-corrected chi connectivity index (χ1v) is 7.91. The zero-order chi connectivity index (χ0) is 11.6. The summed E-state index contributed by atoms with van der Waals surface area (Å²) in [5.74, 6) is 0. The van der Waals surface area contributed by atoms with Crippen LogP contribution in [-0.2, 0) is 10.0 Å². The molecule has 4 nitrogen and oxygen atoms in total. The van der Waals surface area contributed by atoms with Gasteiger partial charge in [-0.25, -0.2) is 13.1 Å². The minimum absolute atomic E-state index is 0.00456. The van der Waals surface area contributed by atoms with Gasteiger partial charge in [0.2, 0.25) is 10.0 Å². The lowest BCUT2D eigenvalue weighted by molar-refractivity contribution is 0.360. The van der Waals surface area contributed by atoms with Gasteiger partial charge < -0.3 is 5.73 Å². The topological polar surface area (TPSA) is 72.2 Å². The Balaban J connectivity index is 1.96. The Morgan fingerprint density at radius 1 is 0.938 bits per heavy atom. The second-order valence-corrected chi connectivity index (χ2v) is 7.12. The van der Waals surface area contributed by atoms with Crippen LogP contribution in [0.15, 0.2) is 0 Å². The van der Waals surface area contributed by atoms with Gasteiger partial charge in [-0.1, -0.05) is 25.7 Å². The van der Waals surface area contributed by atoms with E-state index in [0.29, 0.717) is 0 Å². The van der Waals surface area contributed by atoms with E-state index < -0.39 is 10.0 Å². The van der Waals surface area contributed by atoms with E-state index in [2.05, 4.69) is 4.72 Å². The van der Waals surface area contributed by atoms with Gasteiger partial charge in [-0.3, -0.25) is 0 Å². The molecule has 0 saturated heterocycles. The lowest BCUT2D eigenvalue weighted by Gasteiger charge is -2.30. The van der Waals surface area contributed by atoms with Crippen molar-refractivity contribution in [3.8, 4) is 0 Å². The van der Waals surface area contributed by atoms with E-state index in [1.807, 2.05) is 0 Å². The van der Waals surface area contributed by atoms with Crippen LogP contribution < -0.4 is 10.5 Å². The molecule has 3 N–H and O–H groups in total. The molecule has 0 aromatic carbocycles. The predicted octanol–water partition coefficient (Wildman–Crippen LogP) is 1.12. The molecule has 0 heterocycles. The molecule has 2 saturated carbocycles. The van der Waals surface area contributed by atoms with E-state index in [1.165, 1.54) is 0 Å². The van der Waals surface area contributed by atoms with Gasteiger partial charge in [0.1, 0.15) is 0 Å². The van der Waals surface area contributed by atoms with E-state index in [-0.39, 0.29) is 17.3 Å². The first-order valence-electron chi connectivity index (χ1n) is 6.36. The van der Waals surface area contributed by atoms with Crippen molar-refractivity contribution in [3.63, 3.8) is 0 Å². The van der Waals surface area contributed by atoms with Crippen LogP contribution in [0.25, 0.3) is 0 Å². The summed E-state index contributed by atoms with van der Waals surface area (Å²) in [4.78, 5) is 0. The van der Waals surface area contributed by atoms with E-state index in [1.54, 1.807) is 0 Å². The Morgan fingerprint density at radius 3 is 2.12 bits per heavy atom. The van der Waals surface area contributed by atoms with Crippen molar-refractivity contribution in [2.24, 2.45) is 5.73 Å². The highest BCUT2D eigenvalue weighted by molar-refractivity contribution is 7.90. The maximum Gasteiger partial charge on any atom is 0.214 e. The molecular weight excluding hydrogens is 224 g/mol. The largest absolute Gasteiger partial charge is 0.326 e. The molecule has 0 aromatic heterocycles. The van der Waals surface area contributed by atoms with Gasteiger partial charge in [-0.2, -0.15) is 0 Å². The van der Waals surface area contributed by atoms with Crippen LogP contribution in [0.2, 0.25) is 0 Å². The first-order chi connectivity index (χ1) is 7.59. The highest BCUT2D eigenvalue weighted by Gasteiger charge is 2.33. The molecule has 2 fully saturated rings. The Kier molecular flexibility index (Phi) is 3.87. The summed E-state index contributed by atoms with van der Waals surface area (Å²) >= 11 is 0. The first kappa shape index (κ1) is 12.3. The molecule has 0 radical (unpaired) electrons. The Bertz CT molecular complexity index is 323. The number of nitrogens with one attached hydrogen (secondary N) is 1. The van der Waals surface area contributed by atoms with Crippen LogP contribution in [0.3, 0.4) is 0 Å². The zero-order valence-electron chi connectivity index (χ0n) is 9.69. The highest BCUT2D eigenvalue weighted by Crippen LogP contribution is 2.25. The van der Waals surface area contributed by atoms with Crippen LogP contribution in [0, 0.1) is 0 Å². The summed E-state index contributed by atoms with van der Waals surface area (Å²) in [6.07, 6.45) is 7.78. The van der Waals surface area contributed by atoms with Crippen molar-refractivity contribution in [2.75, 3.05) is 0 Å². The second-order valence-electron chi connectivity index (χ2n) is 5.12. The normalized spacial score (nSPS) is 33.1. The molecule has 2 aliphatic rings. The third kappa shape index (κ3) is 2.76. The lowest BCUT2D eigenvalue weighted by Crippen LogP contribution is -2.51. The molecule has 2 aliphatic carbocycles. The second kappa shape index (κ2) is 5.02. The molecule has 2 atom stereocenters. The van der Waals surface area contributed by atoms with Crippen molar-refractivity contribution in [3.05, 3.63) is 0 Å². The number of nitrogens with two attached hydrogens (primary N) is 1. The van der Waals surface area contributed by atoms with Crippen molar-refractivity contribution in [1.82, 2.24) is 4.72 Å². The molecule has 0 aromatic rings. The number of rotatable bonds is 3. The van der Waals surface area contributed by atoms with E-state index in [9.17, 15) is 8.42 Å². The number of hydrogen-bond donors (Lipinski definition) is 2. The molecule has 2 unspecified atom stereocenters. The van der Waals surface area contributed by atoms with E-state index >= 15 is 0 Å². The Labute approximate surface area is 98.0 Å². The average Bonchev–Trinajstić information content (AvgIpc) is 2.75. The van der Waals surface area contributed by atoms with Gasteiger partial charge in [-0.15, -0.1) is 0 Å². The summed E-state index contributed by atoms with van der Waals surface area (Å²) in [5.41, 5.74) is 5.96. The molecule has 94 valence electrons. The molecule has 0 amide bonds. The van der Waals surface area contributed by atoms with Crippen molar-refractivity contribution < 1.29 is 8.42 Å². The monoisotopic (exact) mass is 246 g/mol. The van der Waals surface area contributed by atoms with Crippen LogP contribution in [0.4, 0.5) is 0 Å². The van der Waals surface area contributed by atoms with Crippen LogP contribution in [0.5, 0.6) is 0 Å². The molecule has 16 heavy (non-hydrogen) atoms. The van der Waals surface area contributed by atoms with E-state index in [0.717, 1.165) is 51.4 Å². The van der Waals surface area contributed by atoms with Crippen molar-refractivity contribution in [2.45, 2.75) is 68.7 Å². The fraction of sp³-hybridized carbons (Fsp3) is 1.00. The third-order valence-corrected chi connectivity index (χ3v) is 5.86. The number of hydrogen-bond acceptors (Lipinski definition) is 3. The maximum absolute atomic E-state index is 12.1. The summed E-state index contributed by atoms with van der Waals surface area (Å²) in [5, 5.41) is -0.165. The summed E-state index contributed by atoms with van der Waals surface area (Å²) in [7, 11) is -3.12. The third-order valence-electron chi connectivity index (χ3n) is 3.88. The fourth-order valence-electron chi connectivity index (χ4n) is 2.81. The summed E-state index contributed by atoms with van der Waals surface area (Å²) in [6.45, 7) is 0. The molecule has 0 aliphatic heterocycles. The minimum Gasteiger partial charge on any atom is -0.326 e. The SMILES string of the molecule is NC1CCCCC1NS(=O)(=O)C1CCCC1. The average molecular weight is 246 g/mol. The zero-order valence-corrected chi connectivity index (χ0v) is 10.5. The Hall–Kier alpha value is -0.130. The molecule has 0 spiro atoms. The van der Waals surface area contributed by atoms with Gasteiger partial charge in [-0.05, 0) is 25.7 Å². The quantitative estimate of drug-likeness (QED) is 0.784. The molecule has 5 heteroatoms. The number of sulfonamides is 1. The molecule has 0 bridgehead atoms. The predicted molar refractivity (Wildman–Crippen MR) is 64.5 cm³/mol. The van der Waals surface area contributed by atoms with Crippen molar-refractivity contribution in [1.29, 1.82) is 0 Å². The van der Waals surface area contributed by atoms with Gasteiger partial charge in [0.05, 0.1) is 5.25 Å². The van der Waals surface area contributed by atoms with Crippen LogP contribution in [0.1, 0.15) is 51.4 Å². The van der Waals surface area contributed by atoms with Crippen LogP contribution >= 0.6 is 0 Å². The molecule has 2 rings (SSSR count). The standard InChI is InChI=1S/C11H22N2O2S/c12-10-7-3-4-8-11(10)13-16(14,15)9-5-1-2-6-9/h9-11,13H,1-8,12H2. The maximum atomic E-state index is 12.1. The highest BCUT2D eigenvalue weighted by atomic mass is 32.2. The summed E-state index contributed by atoms with van der Waals surface area (Å²) < 4.78 is 27.0.